The standard InChI is InChI=1S/C21H19FN4O3/c1-12-6-7-14(9-16(12)22)24-19(27)11-26-20(28)18(25-21(26)29)8-13-10-23-17-5-3-2-4-15(13)17/h2-7,9-10,18,23H,8,11H2,1H3,(H,24,27)(H,25,29)/t18-/m0/s1. The lowest BCUT2D eigenvalue weighted by Gasteiger charge is -2.13. The van der Waals surface area contributed by atoms with Crippen LogP contribution >= 0.6 is 0 Å². The van der Waals surface area contributed by atoms with E-state index in [1.165, 1.54) is 12.1 Å². The van der Waals surface area contributed by atoms with Gasteiger partial charge in [-0.2, -0.15) is 0 Å². The van der Waals surface area contributed by atoms with Gasteiger partial charge in [0, 0.05) is 29.2 Å². The van der Waals surface area contributed by atoms with Gasteiger partial charge in [0.1, 0.15) is 18.4 Å². The SMILES string of the molecule is Cc1ccc(NC(=O)CN2C(=O)N[C@@H](Cc3c[nH]c4ccccc34)C2=O)cc1F. The number of carbonyl (C=O) groups is 3. The number of aromatic amines is 1. The van der Waals surface area contributed by atoms with E-state index in [1.54, 1.807) is 13.0 Å². The maximum atomic E-state index is 13.6. The normalized spacial score (nSPS) is 16.3. The topological polar surface area (TPSA) is 94.3 Å². The van der Waals surface area contributed by atoms with Gasteiger partial charge in [-0.1, -0.05) is 24.3 Å². The average molecular weight is 394 g/mol. The number of nitrogens with zero attached hydrogens (tertiary/aromatic N) is 1. The first-order chi connectivity index (χ1) is 13.9. The summed E-state index contributed by atoms with van der Waals surface area (Å²) in [7, 11) is 0. The Morgan fingerprint density at radius 3 is 2.79 bits per heavy atom. The molecule has 2 heterocycles. The Morgan fingerprint density at radius 2 is 2.00 bits per heavy atom. The monoisotopic (exact) mass is 394 g/mol. The first-order valence-electron chi connectivity index (χ1n) is 9.15. The number of anilines is 1. The molecule has 0 aliphatic carbocycles. The number of aryl methyl sites for hydroxylation is 1. The van der Waals surface area contributed by atoms with Crippen LogP contribution in [0.25, 0.3) is 10.9 Å². The molecule has 4 rings (SSSR count). The quantitative estimate of drug-likeness (QED) is 0.581. The number of fused-ring (bicyclic) bond motifs is 1. The highest BCUT2D eigenvalue weighted by atomic mass is 19.1. The summed E-state index contributed by atoms with van der Waals surface area (Å²) in [6, 6.07) is 10.6. The van der Waals surface area contributed by atoms with Crippen molar-refractivity contribution >= 4 is 34.4 Å². The fraction of sp³-hybridized carbons (Fsp3) is 0.190. The summed E-state index contributed by atoms with van der Waals surface area (Å²) in [6.07, 6.45) is 2.13. The third-order valence-corrected chi connectivity index (χ3v) is 4.96. The predicted octanol–water partition coefficient (Wildman–Crippen LogP) is 2.72. The van der Waals surface area contributed by atoms with Crippen LogP contribution in [0, 0.1) is 12.7 Å². The zero-order valence-corrected chi connectivity index (χ0v) is 15.7. The van der Waals surface area contributed by atoms with Crippen LogP contribution < -0.4 is 10.6 Å². The van der Waals surface area contributed by atoms with Gasteiger partial charge in [0.25, 0.3) is 5.91 Å². The number of carbonyl (C=O) groups excluding carboxylic acids is 3. The largest absolute Gasteiger partial charge is 0.361 e. The van der Waals surface area contributed by atoms with Crippen molar-refractivity contribution in [2.45, 2.75) is 19.4 Å². The number of benzene rings is 2. The number of imide groups is 1. The van der Waals surface area contributed by atoms with E-state index in [1.807, 2.05) is 30.5 Å². The lowest BCUT2D eigenvalue weighted by atomic mass is 10.1. The summed E-state index contributed by atoms with van der Waals surface area (Å²) in [6.45, 7) is 1.17. The molecule has 0 spiro atoms. The zero-order chi connectivity index (χ0) is 20.5. The van der Waals surface area contributed by atoms with Gasteiger partial charge in [0.15, 0.2) is 0 Å². The third-order valence-electron chi connectivity index (χ3n) is 4.96. The molecule has 1 fully saturated rings. The van der Waals surface area contributed by atoms with Crippen molar-refractivity contribution in [3.05, 3.63) is 65.6 Å². The van der Waals surface area contributed by atoms with Crippen LogP contribution in [0.3, 0.4) is 0 Å². The minimum Gasteiger partial charge on any atom is -0.361 e. The van der Waals surface area contributed by atoms with Gasteiger partial charge in [-0.15, -0.1) is 0 Å². The summed E-state index contributed by atoms with van der Waals surface area (Å²) in [4.78, 5) is 41.1. The van der Waals surface area contributed by atoms with Crippen LogP contribution in [0.4, 0.5) is 14.9 Å². The molecule has 1 aromatic heterocycles. The van der Waals surface area contributed by atoms with Crippen molar-refractivity contribution in [2.24, 2.45) is 0 Å². The molecule has 0 saturated carbocycles. The second-order valence-corrected chi connectivity index (χ2v) is 7.00. The summed E-state index contributed by atoms with van der Waals surface area (Å²) >= 11 is 0. The van der Waals surface area contributed by atoms with Crippen molar-refractivity contribution < 1.29 is 18.8 Å². The Kier molecular flexibility index (Phi) is 4.75. The van der Waals surface area contributed by atoms with Gasteiger partial charge in [-0.25, -0.2) is 9.18 Å². The molecular formula is C21H19FN4O3. The number of H-pyrrole nitrogens is 1. The molecule has 0 bridgehead atoms. The third kappa shape index (κ3) is 3.69. The van der Waals surface area contributed by atoms with Crippen LogP contribution in [0.15, 0.2) is 48.7 Å². The first-order valence-corrected chi connectivity index (χ1v) is 9.15. The smallest absolute Gasteiger partial charge is 0.325 e. The van der Waals surface area contributed by atoms with E-state index in [4.69, 9.17) is 0 Å². The Morgan fingerprint density at radius 1 is 1.21 bits per heavy atom. The lowest BCUT2D eigenvalue weighted by Crippen LogP contribution is -2.38. The molecule has 148 valence electrons. The average Bonchev–Trinajstić information content (AvgIpc) is 3.21. The summed E-state index contributed by atoms with van der Waals surface area (Å²) in [5.41, 5.74) is 2.57. The fourth-order valence-corrected chi connectivity index (χ4v) is 3.40. The van der Waals surface area contributed by atoms with E-state index >= 15 is 0 Å². The minimum absolute atomic E-state index is 0.264. The van der Waals surface area contributed by atoms with Crippen molar-refractivity contribution in [3.8, 4) is 0 Å². The molecule has 3 N–H and O–H groups in total. The predicted molar refractivity (Wildman–Crippen MR) is 106 cm³/mol. The molecule has 1 saturated heterocycles. The number of urea groups is 1. The Bertz CT molecular complexity index is 1120. The molecule has 29 heavy (non-hydrogen) atoms. The van der Waals surface area contributed by atoms with Crippen molar-refractivity contribution in [1.82, 2.24) is 15.2 Å². The van der Waals surface area contributed by atoms with E-state index in [9.17, 15) is 18.8 Å². The number of hydrogen-bond donors (Lipinski definition) is 3. The van der Waals surface area contributed by atoms with Crippen LogP contribution in [0.1, 0.15) is 11.1 Å². The van der Waals surface area contributed by atoms with E-state index in [0.717, 1.165) is 21.4 Å². The van der Waals surface area contributed by atoms with Gasteiger partial charge in [0.05, 0.1) is 0 Å². The molecule has 0 unspecified atom stereocenters. The zero-order valence-electron chi connectivity index (χ0n) is 15.7. The Hall–Kier alpha value is -3.68. The molecule has 3 aromatic rings. The maximum absolute atomic E-state index is 13.6. The van der Waals surface area contributed by atoms with Gasteiger partial charge < -0.3 is 15.6 Å². The van der Waals surface area contributed by atoms with Gasteiger partial charge in [-0.05, 0) is 36.2 Å². The highest BCUT2D eigenvalue weighted by Gasteiger charge is 2.39. The fourth-order valence-electron chi connectivity index (χ4n) is 3.40. The summed E-state index contributed by atoms with van der Waals surface area (Å²) in [5.74, 6) is -1.49. The summed E-state index contributed by atoms with van der Waals surface area (Å²) in [5, 5.41) is 6.11. The number of hydrogen-bond acceptors (Lipinski definition) is 3. The molecular weight excluding hydrogens is 375 g/mol. The molecule has 0 radical (unpaired) electrons. The Labute approximate surface area is 165 Å². The second kappa shape index (κ2) is 7.38. The molecule has 4 amide bonds. The first kappa shape index (κ1) is 18.7. The number of amides is 4. The van der Waals surface area contributed by atoms with Crippen LogP contribution in [0.5, 0.6) is 0 Å². The van der Waals surface area contributed by atoms with Gasteiger partial charge >= 0.3 is 6.03 Å². The van der Waals surface area contributed by atoms with E-state index in [-0.39, 0.29) is 5.69 Å². The highest BCUT2D eigenvalue weighted by molar-refractivity contribution is 6.08. The number of nitrogens with one attached hydrogen (secondary N) is 3. The molecule has 1 aliphatic heterocycles. The molecule has 1 aliphatic rings. The van der Waals surface area contributed by atoms with Crippen LogP contribution in [-0.2, 0) is 16.0 Å². The molecule has 8 heteroatoms. The van der Waals surface area contributed by atoms with E-state index in [2.05, 4.69) is 15.6 Å². The lowest BCUT2D eigenvalue weighted by molar-refractivity contribution is -0.130. The van der Waals surface area contributed by atoms with Crippen molar-refractivity contribution in [2.75, 3.05) is 11.9 Å². The number of halogens is 1. The second-order valence-electron chi connectivity index (χ2n) is 7.00. The Balaban J connectivity index is 1.42. The summed E-state index contributed by atoms with van der Waals surface area (Å²) < 4.78 is 13.6. The van der Waals surface area contributed by atoms with Crippen molar-refractivity contribution in [3.63, 3.8) is 0 Å². The van der Waals surface area contributed by atoms with Gasteiger partial charge in [-0.3, -0.25) is 14.5 Å². The molecule has 2 aromatic carbocycles. The molecule has 7 nitrogen and oxygen atoms in total. The highest BCUT2D eigenvalue weighted by Crippen LogP contribution is 2.21. The number of aromatic nitrogens is 1. The number of rotatable bonds is 5. The van der Waals surface area contributed by atoms with Crippen LogP contribution in [-0.4, -0.2) is 40.3 Å². The van der Waals surface area contributed by atoms with Crippen molar-refractivity contribution in [1.29, 1.82) is 0 Å². The van der Waals surface area contributed by atoms with E-state index in [0.29, 0.717) is 12.0 Å². The minimum atomic E-state index is -0.744. The van der Waals surface area contributed by atoms with E-state index < -0.39 is 36.2 Å². The van der Waals surface area contributed by atoms with Gasteiger partial charge in [0.2, 0.25) is 5.91 Å². The van der Waals surface area contributed by atoms with Crippen LogP contribution in [0.2, 0.25) is 0 Å². The number of para-hydroxylation sites is 1. The maximum Gasteiger partial charge on any atom is 0.325 e. The molecule has 1 atom stereocenters.